The zero-order chi connectivity index (χ0) is 15.4. The highest BCUT2D eigenvalue weighted by molar-refractivity contribution is 7.13. The van der Waals surface area contributed by atoms with E-state index in [4.69, 9.17) is 0 Å². The van der Waals surface area contributed by atoms with Gasteiger partial charge >= 0.3 is 0 Å². The van der Waals surface area contributed by atoms with Crippen LogP contribution in [0.25, 0.3) is 0 Å². The van der Waals surface area contributed by atoms with Gasteiger partial charge in [0.1, 0.15) is 11.6 Å². The number of benzene rings is 1. The minimum absolute atomic E-state index is 0.254. The Labute approximate surface area is 129 Å². The van der Waals surface area contributed by atoms with E-state index in [1.165, 1.54) is 23.6 Å². The molecule has 1 amide bonds. The number of hydrogen-bond acceptors (Lipinski definition) is 5. The first-order valence-electron chi connectivity index (χ1n) is 6.41. The first-order valence-corrected chi connectivity index (χ1v) is 7.29. The van der Waals surface area contributed by atoms with Gasteiger partial charge in [-0.2, -0.15) is 0 Å². The van der Waals surface area contributed by atoms with Crippen molar-refractivity contribution in [2.75, 3.05) is 10.6 Å². The van der Waals surface area contributed by atoms with Gasteiger partial charge in [0, 0.05) is 17.8 Å². The zero-order valence-electron chi connectivity index (χ0n) is 11.3. The molecule has 0 bridgehead atoms. The molecule has 0 aliphatic carbocycles. The molecular formula is C15H11FN4OS. The summed E-state index contributed by atoms with van der Waals surface area (Å²) in [4.78, 5) is 20.4. The normalized spacial score (nSPS) is 10.2. The van der Waals surface area contributed by atoms with Crippen molar-refractivity contribution in [1.29, 1.82) is 0 Å². The Morgan fingerprint density at radius 2 is 1.95 bits per heavy atom. The summed E-state index contributed by atoms with van der Waals surface area (Å²) < 4.78 is 13.7. The summed E-state index contributed by atoms with van der Waals surface area (Å²) >= 11 is 1.31. The van der Waals surface area contributed by atoms with Crippen molar-refractivity contribution in [2.45, 2.75) is 0 Å². The highest BCUT2D eigenvalue weighted by Crippen LogP contribution is 2.22. The smallest absolute Gasteiger partial charge is 0.261 e. The van der Waals surface area contributed by atoms with Crippen molar-refractivity contribution in [1.82, 2.24) is 9.97 Å². The van der Waals surface area contributed by atoms with Gasteiger partial charge in [0.25, 0.3) is 5.91 Å². The summed E-state index contributed by atoms with van der Waals surface area (Å²) in [5.74, 6) is -0.497. The molecular weight excluding hydrogens is 303 g/mol. The number of nitrogens with zero attached hydrogens (tertiary/aromatic N) is 2. The standard InChI is InChI=1S/C15H11FN4OS/c16-11-5-1-2-6-12(11)19-13-10(4-3-7-17-13)14(21)20-15-18-8-9-22-15/h1-9H,(H,17,19)(H,18,20,21). The molecule has 0 aliphatic rings. The van der Waals surface area contributed by atoms with Crippen LogP contribution in [0.1, 0.15) is 10.4 Å². The van der Waals surface area contributed by atoms with E-state index in [0.717, 1.165) is 0 Å². The second-order valence-electron chi connectivity index (χ2n) is 4.30. The van der Waals surface area contributed by atoms with E-state index >= 15 is 0 Å². The van der Waals surface area contributed by atoms with Crippen LogP contribution in [0.4, 0.5) is 21.0 Å². The number of carbonyl (C=O) groups is 1. The molecule has 0 radical (unpaired) electrons. The van der Waals surface area contributed by atoms with Gasteiger partial charge < -0.3 is 5.32 Å². The lowest BCUT2D eigenvalue weighted by molar-refractivity contribution is 0.102. The van der Waals surface area contributed by atoms with Gasteiger partial charge in [-0.1, -0.05) is 12.1 Å². The van der Waals surface area contributed by atoms with Gasteiger partial charge in [-0.25, -0.2) is 14.4 Å². The highest BCUT2D eigenvalue weighted by atomic mass is 32.1. The van der Waals surface area contributed by atoms with Gasteiger partial charge in [0.05, 0.1) is 11.3 Å². The van der Waals surface area contributed by atoms with Crippen LogP contribution >= 0.6 is 11.3 Å². The predicted molar refractivity (Wildman–Crippen MR) is 84.0 cm³/mol. The Balaban J connectivity index is 1.87. The number of thiazole rings is 1. The van der Waals surface area contributed by atoms with Crippen molar-refractivity contribution >= 4 is 33.9 Å². The number of amides is 1. The summed E-state index contributed by atoms with van der Waals surface area (Å²) in [6, 6.07) is 9.45. The van der Waals surface area contributed by atoms with Crippen molar-refractivity contribution in [3.63, 3.8) is 0 Å². The lowest BCUT2D eigenvalue weighted by atomic mass is 10.2. The molecule has 3 rings (SSSR count). The fourth-order valence-electron chi connectivity index (χ4n) is 1.83. The van der Waals surface area contributed by atoms with Crippen LogP contribution in [0, 0.1) is 5.82 Å². The molecule has 0 fully saturated rings. The average Bonchev–Trinajstić information content (AvgIpc) is 3.03. The lowest BCUT2D eigenvalue weighted by Crippen LogP contribution is -2.14. The van der Waals surface area contributed by atoms with E-state index in [9.17, 15) is 9.18 Å². The van der Waals surface area contributed by atoms with E-state index < -0.39 is 5.82 Å². The van der Waals surface area contributed by atoms with Crippen molar-refractivity contribution in [3.8, 4) is 0 Å². The largest absolute Gasteiger partial charge is 0.337 e. The second kappa shape index (κ2) is 6.31. The fraction of sp³-hybridized carbons (Fsp3) is 0. The van der Waals surface area contributed by atoms with E-state index in [2.05, 4.69) is 20.6 Å². The van der Waals surface area contributed by atoms with Gasteiger partial charge in [-0.3, -0.25) is 10.1 Å². The molecule has 5 nitrogen and oxygen atoms in total. The number of aromatic nitrogens is 2. The number of rotatable bonds is 4. The Morgan fingerprint density at radius 3 is 2.73 bits per heavy atom. The maximum atomic E-state index is 13.7. The SMILES string of the molecule is O=C(Nc1nccs1)c1cccnc1Nc1ccccc1F. The van der Waals surface area contributed by atoms with Crippen LogP contribution < -0.4 is 10.6 Å². The van der Waals surface area contributed by atoms with Crippen LogP contribution in [0.15, 0.2) is 54.2 Å². The monoisotopic (exact) mass is 314 g/mol. The first kappa shape index (κ1) is 14.2. The molecule has 0 spiro atoms. The number of pyridine rings is 1. The molecule has 0 atom stereocenters. The molecule has 2 aromatic heterocycles. The summed E-state index contributed by atoms with van der Waals surface area (Å²) in [7, 11) is 0. The third-order valence-corrected chi connectivity index (χ3v) is 3.52. The quantitative estimate of drug-likeness (QED) is 0.771. The predicted octanol–water partition coefficient (Wildman–Crippen LogP) is 3.67. The zero-order valence-corrected chi connectivity index (χ0v) is 12.1. The van der Waals surface area contributed by atoms with Crippen LogP contribution in [0.3, 0.4) is 0 Å². The second-order valence-corrected chi connectivity index (χ2v) is 5.19. The lowest BCUT2D eigenvalue weighted by Gasteiger charge is -2.10. The molecule has 7 heteroatoms. The Kier molecular flexibility index (Phi) is 4.06. The highest BCUT2D eigenvalue weighted by Gasteiger charge is 2.14. The van der Waals surface area contributed by atoms with E-state index in [-0.39, 0.29) is 17.4 Å². The molecule has 0 saturated carbocycles. The minimum atomic E-state index is -0.417. The van der Waals surface area contributed by atoms with Crippen molar-refractivity contribution in [3.05, 3.63) is 65.6 Å². The maximum absolute atomic E-state index is 13.7. The topological polar surface area (TPSA) is 66.9 Å². The number of para-hydroxylation sites is 1. The number of anilines is 3. The van der Waals surface area contributed by atoms with Gasteiger partial charge in [-0.15, -0.1) is 11.3 Å². The minimum Gasteiger partial charge on any atom is -0.337 e. The third kappa shape index (κ3) is 3.09. The molecule has 0 unspecified atom stereocenters. The molecule has 0 aliphatic heterocycles. The molecule has 110 valence electrons. The average molecular weight is 314 g/mol. The Morgan fingerprint density at radius 1 is 1.09 bits per heavy atom. The van der Waals surface area contributed by atoms with Crippen LogP contribution in [-0.4, -0.2) is 15.9 Å². The molecule has 3 aromatic rings. The van der Waals surface area contributed by atoms with Gasteiger partial charge in [0.15, 0.2) is 5.13 Å². The molecule has 0 saturated heterocycles. The van der Waals surface area contributed by atoms with Crippen LogP contribution in [0.5, 0.6) is 0 Å². The van der Waals surface area contributed by atoms with Gasteiger partial charge in [-0.05, 0) is 24.3 Å². The summed E-state index contributed by atoms with van der Waals surface area (Å²) in [6.45, 7) is 0. The van der Waals surface area contributed by atoms with Gasteiger partial charge in [0.2, 0.25) is 0 Å². The van der Waals surface area contributed by atoms with E-state index in [1.807, 2.05) is 0 Å². The Hall–Kier alpha value is -2.80. The first-order chi connectivity index (χ1) is 10.7. The number of hydrogen-bond donors (Lipinski definition) is 2. The van der Waals surface area contributed by atoms with Crippen molar-refractivity contribution in [2.24, 2.45) is 0 Å². The van der Waals surface area contributed by atoms with Crippen LogP contribution in [-0.2, 0) is 0 Å². The molecule has 22 heavy (non-hydrogen) atoms. The molecule has 2 heterocycles. The maximum Gasteiger partial charge on any atom is 0.261 e. The summed E-state index contributed by atoms with van der Waals surface area (Å²) in [5, 5.41) is 7.76. The Bertz CT molecular complexity index is 792. The molecule has 2 N–H and O–H groups in total. The fourth-order valence-corrected chi connectivity index (χ4v) is 2.35. The van der Waals surface area contributed by atoms with Crippen LogP contribution in [0.2, 0.25) is 0 Å². The van der Waals surface area contributed by atoms with E-state index in [0.29, 0.717) is 10.7 Å². The number of nitrogens with one attached hydrogen (secondary N) is 2. The number of carbonyl (C=O) groups excluding carboxylic acids is 1. The van der Waals surface area contributed by atoms with Crippen molar-refractivity contribution < 1.29 is 9.18 Å². The third-order valence-electron chi connectivity index (χ3n) is 2.83. The summed E-state index contributed by atoms with van der Waals surface area (Å²) in [5.41, 5.74) is 0.561. The van der Waals surface area contributed by atoms with E-state index in [1.54, 1.807) is 41.9 Å². The summed E-state index contributed by atoms with van der Waals surface area (Å²) in [6.07, 6.45) is 3.13. The molecule has 1 aromatic carbocycles. The number of halogens is 1.